The van der Waals surface area contributed by atoms with Crippen LogP contribution in [-0.4, -0.2) is 11.3 Å². The van der Waals surface area contributed by atoms with Crippen molar-refractivity contribution in [2.75, 3.05) is 0 Å². The molecule has 89 valence electrons. The first-order valence-corrected chi connectivity index (χ1v) is 5.56. The molecule has 0 atom stereocenters. The van der Waals surface area contributed by atoms with E-state index in [0.717, 1.165) is 17.0 Å². The second-order valence-electron chi connectivity index (χ2n) is 3.60. The summed E-state index contributed by atoms with van der Waals surface area (Å²) < 4.78 is 5.68. The molecule has 0 aliphatic heterocycles. The van der Waals surface area contributed by atoms with Crippen LogP contribution in [0.5, 0.6) is 5.75 Å². The molecule has 1 heterocycles. The fourth-order valence-electron chi connectivity index (χ4n) is 1.51. The summed E-state index contributed by atoms with van der Waals surface area (Å²) >= 11 is 0. The first kappa shape index (κ1) is 12.0. The smallest absolute Gasteiger partial charge is 0.225 e. The molecule has 0 unspecified atom stereocenters. The third-order valence-corrected chi connectivity index (χ3v) is 2.35. The molecule has 18 heavy (non-hydrogen) atoms. The number of para-hydroxylation sites is 1. The summed E-state index contributed by atoms with van der Waals surface area (Å²) in [6, 6.07) is 13.2. The van der Waals surface area contributed by atoms with Crippen molar-refractivity contribution < 1.29 is 9.53 Å². The van der Waals surface area contributed by atoms with Gasteiger partial charge in [0, 0.05) is 11.8 Å². The van der Waals surface area contributed by atoms with Gasteiger partial charge in [-0.15, -0.1) is 0 Å². The lowest BCUT2D eigenvalue weighted by atomic mass is 10.2. The molecule has 0 spiro atoms. The lowest BCUT2D eigenvalue weighted by molar-refractivity contribution is 0.300. The lowest BCUT2D eigenvalue weighted by Gasteiger charge is -2.08. The molecule has 0 bridgehead atoms. The van der Waals surface area contributed by atoms with E-state index >= 15 is 0 Å². The Hall–Kier alpha value is -2.42. The summed E-state index contributed by atoms with van der Waals surface area (Å²) in [6.07, 6.45) is 6.44. The number of nitrogens with zero attached hydrogens (tertiary/aromatic N) is 1. The van der Waals surface area contributed by atoms with Crippen molar-refractivity contribution >= 4 is 12.4 Å². The van der Waals surface area contributed by atoms with Gasteiger partial charge < -0.3 is 4.74 Å². The van der Waals surface area contributed by atoms with E-state index in [1.54, 1.807) is 18.6 Å². The van der Waals surface area contributed by atoms with Crippen molar-refractivity contribution in [1.82, 2.24) is 4.98 Å². The van der Waals surface area contributed by atoms with E-state index in [9.17, 15) is 4.79 Å². The zero-order chi connectivity index (χ0) is 12.6. The van der Waals surface area contributed by atoms with Gasteiger partial charge in [0.1, 0.15) is 12.4 Å². The topological polar surface area (TPSA) is 39.2 Å². The fourth-order valence-corrected chi connectivity index (χ4v) is 1.51. The molecule has 3 nitrogen and oxygen atoms in total. The van der Waals surface area contributed by atoms with Crippen LogP contribution >= 0.6 is 0 Å². The molecular weight excluding hydrogens is 226 g/mol. The minimum absolute atomic E-state index is 0.399. The molecule has 1 aromatic heterocycles. The molecule has 2 rings (SSSR count). The first-order chi connectivity index (χ1) is 8.90. The van der Waals surface area contributed by atoms with E-state index < -0.39 is 0 Å². The van der Waals surface area contributed by atoms with Gasteiger partial charge in [-0.1, -0.05) is 24.3 Å². The van der Waals surface area contributed by atoms with Crippen LogP contribution < -0.4 is 4.74 Å². The monoisotopic (exact) mass is 238 g/mol. The number of pyridine rings is 1. The van der Waals surface area contributed by atoms with E-state index in [0.29, 0.717) is 6.61 Å². The van der Waals surface area contributed by atoms with Gasteiger partial charge >= 0.3 is 0 Å². The van der Waals surface area contributed by atoms with Gasteiger partial charge in [-0.05, 0) is 30.4 Å². The van der Waals surface area contributed by atoms with E-state index in [2.05, 4.69) is 4.98 Å². The third-order valence-electron chi connectivity index (χ3n) is 2.35. The zero-order valence-electron chi connectivity index (χ0n) is 9.74. The SMILES string of the molecule is O=[C]/C=C/c1ccccc1OCc1ccccn1. The average molecular weight is 238 g/mol. The highest BCUT2D eigenvalue weighted by Crippen LogP contribution is 2.20. The van der Waals surface area contributed by atoms with E-state index in [4.69, 9.17) is 4.74 Å². The van der Waals surface area contributed by atoms with Crippen LogP contribution in [-0.2, 0) is 11.4 Å². The fraction of sp³-hybridized carbons (Fsp3) is 0.0667. The van der Waals surface area contributed by atoms with E-state index in [1.165, 1.54) is 6.08 Å². The number of rotatable bonds is 5. The average Bonchev–Trinajstić information content (AvgIpc) is 2.45. The molecule has 3 heteroatoms. The summed E-state index contributed by atoms with van der Waals surface area (Å²) in [5, 5.41) is 0. The Morgan fingerprint density at radius 1 is 1.17 bits per heavy atom. The van der Waals surface area contributed by atoms with Crippen LogP contribution in [0.2, 0.25) is 0 Å². The minimum atomic E-state index is 0.399. The number of aromatic nitrogens is 1. The molecule has 0 amide bonds. The summed E-state index contributed by atoms with van der Waals surface area (Å²) in [5.74, 6) is 0.717. The Bertz CT molecular complexity index is 535. The van der Waals surface area contributed by atoms with Gasteiger partial charge in [0.05, 0.1) is 5.69 Å². The van der Waals surface area contributed by atoms with Crippen LogP contribution in [0.1, 0.15) is 11.3 Å². The maximum atomic E-state index is 10.2. The van der Waals surface area contributed by atoms with E-state index in [1.807, 2.05) is 42.5 Å². The van der Waals surface area contributed by atoms with Crippen molar-refractivity contribution in [3.05, 3.63) is 66.0 Å². The molecule has 0 saturated carbocycles. The molecule has 2 aromatic rings. The van der Waals surface area contributed by atoms with Gasteiger partial charge in [-0.25, -0.2) is 0 Å². The summed E-state index contributed by atoms with van der Waals surface area (Å²) in [7, 11) is 0. The Balaban J connectivity index is 2.09. The van der Waals surface area contributed by atoms with Gasteiger partial charge in [-0.3, -0.25) is 9.78 Å². The van der Waals surface area contributed by atoms with Gasteiger partial charge in [0.15, 0.2) is 0 Å². The Kier molecular flexibility index (Phi) is 4.25. The molecule has 1 aromatic carbocycles. The lowest BCUT2D eigenvalue weighted by Crippen LogP contribution is -1.98. The van der Waals surface area contributed by atoms with Crippen LogP contribution in [0.3, 0.4) is 0 Å². The van der Waals surface area contributed by atoms with Crippen LogP contribution in [0.25, 0.3) is 6.08 Å². The largest absolute Gasteiger partial charge is 0.487 e. The maximum Gasteiger partial charge on any atom is 0.225 e. The summed E-state index contributed by atoms with van der Waals surface area (Å²) in [4.78, 5) is 14.4. The summed E-state index contributed by atoms with van der Waals surface area (Å²) in [6.45, 7) is 0.399. The summed E-state index contributed by atoms with van der Waals surface area (Å²) in [5.41, 5.74) is 1.70. The quantitative estimate of drug-likeness (QED) is 0.752. The normalized spacial score (nSPS) is 10.4. The minimum Gasteiger partial charge on any atom is -0.487 e. The molecule has 0 N–H and O–H groups in total. The third kappa shape index (κ3) is 3.28. The van der Waals surface area contributed by atoms with Crippen molar-refractivity contribution in [1.29, 1.82) is 0 Å². The van der Waals surface area contributed by atoms with E-state index in [-0.39, 0.29) is 0 Å². The Morgan fingerprint density at radius 3 is 2.78 bits per heavy atom. The molecule has 0 aliphatic carbocycles. The molecule has 0 fully saturated rings. The van der Waals surface area contributed by atoms with Crippen molar-refractivity contribution in [2.45, 2.75) is 6.61 Å². The van der Waals surface area contributed by atoms with Crippen molar-refractivity contribution in [2.24, 2.45) is 0 Å². The Labute approximate surface area is 106 Å². The highest BCUT2D eigenvalue weighted by molar-refractivity contribution is 5.75. The standard InChI is InChI=1S/C15H12NO2/c17-11-5-7-13-6-1-2-9-15(13)18-12-14-8-3-4-10-16-14/h1-10H,12H2/b7-5+. The molecule has 1 radical (unpaired) electrons. The second kappa shape index (κ2) is 6.35. The molecule has 0 saturated heterocycles. The first-order valence-electron chi connectivity index (χ1n) is 5.56. The van der Waals surface area contributed by atoms with Gasteiger partial charge in [0.2, 0.25) is 6.29 Å². The number of allylic oxidation sites excluding steroid dienone is 1. The zero-order valence-corrected chi connectivity index (χ0v) is 9.74. The predicted octanol–water partition coefficient (Wildman–Crippen LogP) is 2.78. The number of ether oxygens (including phenoxy) is 1. The number of benzene rings is 1. The highest BCUT2D eigenvalue weighted by atomic mass is 16.5. The second-order valence-corrected chi connectivity index (χ2v) is 3.60. The van der Waals surface area contributed by atoms with Gasteiger partial charge in [-0.2, -0.15) is 0 Å². The van der Waals surface area contributed by atoms with Crippen LogP contribution in [0, 0.1) is 0 Å². The van der Waals surface area contributed by atoms with Crippen LogP contribution in [0.4, 0.5) is 0 Å². The van der Waals surface area contributed by atoms with Crippen molar-refractivity contribution in [3.63, 3.8) is 0 Å². The predicted molar refractivity (Wildman–Crippen MR) is 69.7 cm³/mol. The van der Waals surface area contributed by atoms with Crippen molar-refractivity contribution in [3.8, 4) is 5.75 Å². The highest BCUT2D eigenvalue weighted by Gasteiger charge is 2.00. The van der Waals surface area contributed by atoms with Crippen LogP contribution in [0.15, 0.2) is 54.7 Å². The maximum absolute atomic E-state index is 10.2. The number of hydrogen-bond donors (Lipinski definition) is 0. The number of carbonyl (C=O) groups excluding carboxylic acids is 1. The number of hydrogen-bond acceptors (Lipinski definition) is 3. The van der Waals surface area contributed by atoms with Gasteiger partial charge in [0.25, 0.3) is 0 Å². The molecule has 0 aliphatic rings. The molecular formula is C15H12NO2. The Morgan fingerprint density at radius 2 is 2.00 bits per heavy atom.